The van der Waals surface area contributed by atoms with Crippen LogP contribution in [0.5, 0.6) is 0 Å². The molecule has 0 radical (unpaired) electrons. The molecular formula is C14H19ClN2O2. The summed E-state index contributed by atoms with van der Waals surface area (Å²) in [6.07, 6.45) is 0. The molecule has 0 fully saturated rings. The summed E-state index contributed by atoms with van der Waals surface area (Å²) >= 11 is 6.18. The Morgan fingerprint density at radius 2 is 1.79 bits per heavy atom. The van der Waals surface area contributed by atoms with Gasteiger partial charge in [0, 0.05) is 20.6 Å². The predicted molar refractivity (Wildman–Crippen MR) is 76.0 cm³/mol. The first-order valence-corrected chi connectivity index (χ1v) is 6.59. The molecule has 2 amide bonds. The average molecular weight is 283 g/mol. The molecule has 0 aliphatic rings. The van der Waals surface area contributed by atoms with E-state index in [1.165, 1.54) is 9.80 Å². The zero-order chi connectivity index (χ0) is 14.4. The van der Waals surface area contributed by atoms with Crippen molar-refractivity contribution in [2.24, 2.45) is 0 Å². The minimum Gasteiger partial charge on any atom is -0.347 e. The minimum atomic E-state index is -0.754. The van der Waals surface area contributed by atoms with E-state index in [0.29, 0.717) is 6.54 Å². The van der Waals surface area contributed by atoms with Crippen molar-refractivity contribution in [2.75, 3.05) is 27.2 Å². The second-order valence-electron chi connectivity index (χ2n) is 4.41. The molecule has 5 heteroatoms. The van der Waals surface area contributed by atoms with Gasteiger partial charge in [-0.2, -0.15) is 0 Å². The van der Waals surface area contributed by atoms with Crippen LogP contribution in [0.1, 0.15) is 17.9 Å². The van der Waals surface area contributed by atoms with Crippen molar-refractivity contribution < 1.29 is 9.59 Å². The van der Waals surface area contributed by atoms with Crippen LogP contribution in [0.3, 0.4) is 0 Å². The summed E-state index contributed by atoms with van der Waals surface area (Å²) in [6, 6.07) is 9.14. The van der Waals surface area contributed by atoms with Gasteiger partial charge in [-0.3, -0.25) is 9.59 Å². The van der Waals surface area contributed by atoms with Crippen LogP contribution < -0.4 is 0 Å². The van der Waals surface area contributed by atoms with Gasteiger partial charge in [0.05, 0.1) is 6.54 Å². The van der Waals surface area contributed by atoms with E-state index in [1.54, 1.807) is 26.2 Å². The number of hydrogen-bond acceptors (Lipinski definition) is 2. The largest absolute Gasteiger partial charge is 0.347 e. The highest BCUT2D eigenvalue weighted by atomic mass is 35.5. The first-order chi connectivity index (χ1) is 8.97. The zero-order valence-corrected chi connectivity index (χ0v) is 12.2. The molecule has 0 spiro atoms. The van der Waals surface area contributed by atoms with E-state index in [9.17, 15) is 9.59 Å². The molecule has 1 atom stereocenters. The van der Waals surface area contributed by atoms with Crippen LogP contribution in [0.2, 0.25) is 0 Å². The van der Waals surface area contributed by atoms with Crippen molar-refractivity contribution in [3.63, 3.8) is 0 Å². The van der Waals surface area contributed by atoms with Crippen LogP contribution >= 0.6 is 11.6 Å². The number of amides is 2. The van der Waals surface area contributed by atoms with Gasteiger partial charge in [-0.1, -0.05) is 30.3 Å². The van der Waals surface area contributed by atoms with Crippen LogP contribution in [-0.4, -0.2) is 48.8 Å². The number of hydrogen-bond donors (Lipinski definition) is 0. The Morgan fingerprint density at radius 1 is 1.21 bits per heavy atom. The number of carbonyl (C=O) groups is 2. The Hall–Kier alpha value is -1.55. The van der Waals surface area contributed by atoms with E-state index in [0.717, 1.165) is 5.56 Å². The van der Waals surface area contributed by atoms with Gasteiger partial charge in [-0.05, 0) is 12.5 Å². The molecule has 0 saturated heterocycles. The van der Waals surface area contributed by atoms with E-state index in [2.05, 4.69) is 0 Å². The number of rotatable bonds is 5. The second kappa shape index (κ2) is 7.14. The number of benzene rings is 1. The molecule has 0 aliphatic carbocycles. The molecule has 0 aliphatic heterocycles. The van der Waals surface area contributed by atoms with Crippen molar-refractivity contribution in [3.8, 4) is 0 Å². The van der Waals surface area contributed by atoms with Crippen LogP contribution in [0, 0.1) is 0 Å². The first kappa shape index (κ1) is 15.5. The number of halogens is 1. The molecule has 0 bridgehead atoms. The molecule has 0 N–H and O–H groups in total. The normalized spacial score (nSPS) is 11.8. The molecule has 0 saturated carbocycles. The fourth-order valence-electron chi connectivity index (χ4n) is 1.58. The van der Waals surface area contributed by atoms with Crippen LogP contribution in [0.4, 0.5) is 0 Å². The molecule has 104 valence electrons. The lowest BCUT2D eigenvalue weighted by molar-refractivity contribution is -0.138. The lowest BCUT2D eigenvalue weighted by Gasteiger charge is -2.24. The summed E-state index contributed by atoms with van der Waals surface area (Å²) < 4.78 is 0. The quantitative estimate of drug-likeness (QED) is 0.774. The number of likely N-dealkylation sites (N-methyl/N-ethyl adjacent to an activating group) is 2. The van der Waals surface area contributed by atoms with Crippen molar-refractivity contribution in [2.45, 2.75) is 12.3 Å². The van der Waals surface area contributed by atoms with Crippen molar-refractivity contribution in [1.29, 1.82) is 0 Å². The number of carbonyl (C=O) groups excluding carboxylic acids is 2. The molecule has 0 aromatic heterocycles. The van der Waals surface area contributed by atoms with Gasteiger partial charge in [0.15, 0.2) is 0 Å². The smallest absolute Gasteiger partial charge is 0.245 e. The third kappa shape index (κ3) is 4.24. The highest BCUT2D eigenvalue weighted by Gasteiger charge is 2.24. The third-order valence-corrected chi connectivity index (χ3v) is 3.27. The molecule has 1 aromatic carbocycles. The lowest BCUT2D eigenvalue weighted by atomic mass is 10.1. The van der Waals surface area contributed by atoms with Crippen molar-refractivity contribution >= 4 is 23.4 Å². The van der Waals surface area contributed by atoms with Gasteiger partial charge in [-0.25, -0.2) is 0 Å². The fourth-order valence-corrected chi connectivity index (χ4v) is 1.86. The van der Waals surface area contributed by atoms with E-state index in [-0.39, 0.29) is 18.4 Å². The monoisotopic (exact) mass is 282 g/mol. The number of alkyl halides is 1. The predicted octanol–water partition coefficient (Wildman–Crippen LogP) is 1.90. The van der Waals surface area contributed by atoms with Crippen molar-refractivity contribution in [1.82, 2.24) is 9.80 Å². The highest BCUT2D eigenvalue weighted by molar-refractivity contribution is 6.30. The molecular weight excluding hydrogens is 264 g/mol. The van der Waals surface area contributed by atoms with Gasteiger partial charge in [0.2, 0.25) is 11.8 Å². The van der Waals surface area contributed by atoms with E-state index in [1.807, 2.05) is 25.1 Å². The zero-order valence-electron chi connectivity index (χ0n) is 11.5. The number of nitrogens with zero attached hydrogens (tertiary/aromatic N) is 2. The minimum absolute atomic E-state index is 0.0540. The Bertz CT molecular complexity index is 434. The SMILES string of the molecule is CCN(CC(=O)N(C)C)C(=O)C(Cl)c1ccccc1. The maximum atomic E-state index is 12.3. The van der Waals surface area contributed by atoms with E-state index < -0.39 is 5.38 Å². The van der Waals surface area contributed by atoms with Gasteiger partial charge in [0.25, 0.3) is 0 Å². The van der Waals surface area contributed by atoms with E-state index in [4.69, 9.17) is 11.6 Å². The molecule has 0 heterocycles. The van der Waals surface area contributed by atoms with Gasteiger partial charge >= 0.3 is 0 Å². The summed E-state index contributed by atoms with van der Waals surface area (Å²) in [5.41, 5.74) is 0.741. The maximum absolute atomic E-state index is 12.3. The molecule has 1 unspecified atom stereocenters. The maximum Gasteiger partial charge on any atom is 0.245 e. The Balaban J connectivity index is 2.76. The molecule has 4 nitrogen and oxygen atoms in total. The van der Waals surface area contributed by atoms with Gasteiger partial charge < -0.3 is 9.80 Å². The molecule has 1 rings (SSSR count). The summed E-state index contributed by atoms with van der Waals surface area (Å²) in [6.45, 7) is 2.34. The van der Waals surface area contributed by atoms with E-state index >= 15 is 0 Å². The summed E-state index contributed by atoms with van der Waals surface area (Å²) in [4.78, 5) is 26.8. The lowest BCUT2D eigenvalue weighted by Crippen LogP contribution is -2.41. The fraction of sp³-hybridized carbons (Fsp3) is 0.429. The Labute approximate surface area is 118 Å². The van der Waals surface area contributed by atoms with Crippen molar-refractivity contribution in [3.05, 3.63) is 35.9 Å². The van der Waals surface area contributed by atoms with Gasteiger partial charge in [0.1, 0.15) is 5.38 Å². The van der Waals surface area contributed by atoms with Crippen LogP contribution in [-0.2, 0) is 9.59 Å². The van der Waals surface area contributed by atoms with Crippen LogP contribution in [0.15, 0.2) is 30.3 Å². The topological polar surface area (TPSA) is 40.6 Å². The Kier molecular flexibility index (Phi) is 5.83. The third-order valence-electron chi connectivity index (χ3n) is 2.83. The second-order valence-corrected chi connectivity index (χ2v) is 4.85. The summed E-state index contributed by atoms with van der Waals surface area (Å²) in [5, 5.41) is -0.754. The highest BCUT2D eigenvalue weighted by Crippen LogP contribution is 2.22. The average Bonchev–Trinajstić information content (AvgIpc) is 2.43. The summed E-state index contributed by atoms with van der Waals surface area (Å²) in [7, 11) is 3.33. The van der Waals surface area contributed by atoms with Crippen LogP contribution in [0.25, 0.3) is 0 Å². The molecule has 19 heavy (non-hydrogen) atoms. The first-order valence-electron chi connectivity index (χ1n) is 6.15. The standard InChI is InChI=1S/C14H19ClN2O2/c1-4-17(10-12(18)16(2)3)14(19)13(15)11-8-6-5-7-9-11/h5-9,13H,4,10H2,1-3H3. The Morgan fingerprint density at radius 3 is 2.26 bits per heavy atom. The van der Waals surface area contributed by atoms with Gasteiger partial charge in [-0.15, -0.1) is 11.6 Å². The summed E-state index contributed by atoms with van der Waals surface area (Å²) in [5.74, 6) is -0.363. The molecule has 1 aromatic rings.